The van der Waals surface area contributed by atoms with Crippen LogP contribution < -0.4 is 14.8 Å². The van der Waals surface area contributed by atoms with Crippen LogP contribution in [-0.2, 0) is 14.6 Å². The van der Waals surface area contributed by atoms with Gasteiger partial charge in [0.2, 0.25) is 5.91 Å². The zero-order valence-corrected chi connectivity index (χ0v) is 16.8. The summed E-state index contributed by atoms with van der Waals surface area (Å²) in [6, 6.07) is 5.03. The van der Waals surface area contributed by atoms with Gasteiger partial charge in [-0.05, 0) is 59.2 Å². The molecule has 0 aromatic heterocycles. The number of hydrogen-bond donors (Lipinski definition) is 1. The van der Waals surface area contributed by atoms with Crippen LogP contribution in [-0.4, -0.2) is 38.0 Å². The molecule has 0 fully saturated rings. The predicted molar refractivity (Wildman–Crippen MR) is 98.8 cm³/mol. The zero-order chi connectivity index (χ0) is 19.4. The molecule has 0 unspecified atom stereocenters. The topological polar surface area (TPSA) is 81.7 Å². The van der Waals surface area contributed by atoms with Crippen molar-refractivity contribution >= 4 is 15.7 Å². The number of amides is 1. The smallest absolute Gasteiger partial charge is 0.238 e. The maximum absolute atomic E-state index is 12.3. The molecule has 0 saturated heterocycles. The Hall–Kier alpha value is -1.76. The van der Waals surface area contributed by atoms with Gasteiger partial charge in [0.1, 0.15) is 5.25 Å². The van der Waals surface area contributed by atoms with Crippen molar-refractivity contribution < 1.29 is 22.7 Å². The van der Waals surface area contributed by atoms with Crippen LogP contribution in [0, 0.1) is 0 Å². The molecule has 2 atom stereocenters. The number of methoxy groups -OCH3 is 1. The lowest BCUT2D eigenvalue weighted by Gasteiger charge is -2.21. The predicted octanol–water partition coefficient (Wildman–Crippen LogP) is 2.87. The van der Waals surface area contributed by atoms with Crippen molar-refractivity contribution in [1.29, 1.82) is 0 Å². The number of ether oxygens (including phenoxy) is 2. The summed E-state index contributed by atoms with van der Waals surface area (Å²) in [5.41, 5.74) is 0.801. The molecule has 0 aliphatic heterocycles. The van der Waals surface area contributed by atoms with Gasteiger partial charge in [-0.2, -0.15) is 0 Å². The Morgan fingerprint density at radius 1 is 1.04 bits per heavy atom. The second kappa shape index (κ2) is 8.56. The normalized spacial score (nSPS) is 14.3. The minimum atomic E-state index is -3.49. The van der Waals surface area contributed by atoms with Gasteiger partial charge in [-0.25, -0.2) is 8.42 Å². The summed E-state index contributed by atoms with van der Waals surface area (Å²) in [7, 11) is -1.95. The van der Waals surface area contributed by atoms with Crippen LogP contribution in [0.4, 0.5) is 0 Å². The van der Waals surface area contributed by atoms with E-state index in [1.807, 2.05) is 19.9 Å². The van der Waals surface area contributed by atoms with Crippen molar-refractivity contribution in [1.82, 2.24) is 5.32 Å². The first-order chi connectivity index (χ1) is 11.5. The second-order valence-electron chi connectivity index (χ2n) is 6.59. The lowest BCUT2D eigenvalue weighted by atomic mass is 10.1. The first-order valence-corrected chi connectivity index (χ1v) is 9.99. The number of carbonyl (C=O) groups excluding carboxylic acids is 1. The molecule has 1 amide bonds. The Bertz CT molecular complexity index is 697. The van der Waals surface area contributed by atoms with Crippen LogP contribution >= 0.6 is 0 Å². The van der Waals surface area contributed by atoms with E-state index in [1.54, 1.807) is 40.0 Å². The van der Waals surface area contributed by atoms with Gasteiger partial charge in [-0.15, -0.1) is 0 Å². The summed E-state index contributed by atoms with van der Waals surface area (Å²) in [6.07, 6.45) is 0.0129. The molecule has 0 radical (unpaired) electrons. The third kappa shape index (κ3) is 5.36. The number of hydrogen-bond acceptors (Lipinski definition) is 5. The van der Waals surface area contributed by atoms with E-state index in [-0.39, 0.29) is 12.1 Å². The van der Waals surface area contributed by atoms with E-state index in [0.29, 0.717) is 11.5 Å². The van der Waals surface area contributed by atoms with Gasteiger partial charge in [0.05, 0.1) is 24.5 Å². The fraction of sp³-hybridized carbons (Fsp3) is 0.611. The number of rotatable bonds is 8. The van der Waals surface area contributed by atoms with E-state index >= 15 is 0 Å². The number of carbonyl (C=O) groups is 1. The van der Waals surface area contributed by atoms with Gasteiger partial charge < -0.3 is 14.8 Å². The molecule has 25 heavy (non-hydrogen) atoms. The van der Waals surface area contributed by atoms with Gasteiger partial charge >= 0.3 is 0 Å². The number of benzene rings is 1. The van der Waals surface area contributed by atoms with E-state index in [1.165, 1.54) is 6.92 Å². The lowest BCUT2D eigenvalue weighted by Crippen LogP contribution is -2.41. The van der Waals surface area contributed by atoms with Crippen LogP contribution in [0.2, 0.25) is 0 Å². The molecule has 1 aromatic rings. The summed E-state index contributed by atoms with van der Waals surface area (Å²) in [6.45, 7) is 10.2. The van der Waals surface area contributed by atoms with Gasteiger partial charge in [0.25, 0.3) is 0 Å². The van der Waals surface area contributed by atoms with Crippen molar-refractivity contribution in [2.45, 2.75) is 64.2 Å². The highest BCUT2D eigenvalue weighted by Gasteiger charge is 2.31. The minimum Gasteiger partial charge on any atom is -0.493 e. The fourth-order valence-corrected chi connectivity index (χ4v) is 3.46. The average Bonchev–Trinajstić information content (AvgIpc) is 2.53. The molecular formula is C18H29NO5S. The molecule has 1 rings (SSSR count). The van der Waals surface area contributed by atoms with Crippen LogP contribution in [0.15, 0.2) is 18.2 Å². The molecule has 0 saturated carbocycles. The maximum Gasteiger partial charge on any atom is 0.238 e. The molecule has 0 aliphatic rings. The highest BCUT2D eigenvalue weighted by atomic mass is 32.2. The van der Waals surface area contributed by atoms with Crippen LogP contribution in [0.3, 0.4) is 0 Å². The summed E-state index contributed by atoms with van der Waals surface area (Å²) < 4.78 is 35.3. The Balaban J connectivity index is 2.94. The summed E-state index contributed by atoms with van der Waals surface area (Å²) >= 11 is 0. The number of nitrogens with one attached hydrogen (secondary N) is 1. The summed E-state index contributed by atoms with van der Waals surface area (Å²) in [5.74, 6) is 0.674. The van der Waals surface area contributed by atoms with E-state index in [9.17, 15) is 13.2 Å². The zero-order valence-electron chi connectivity index (χ0n) is 16.0. The van der Waals surface area contributed by atoms with Crippen LogP contribution in [0.25, 0.3) is 0 Å². The van der Waals surface area contributed by atoms with E-state index in [2.05, 4.69) is 5.32 Å². The Kier molecular flexibility index (Phi) is 7.29. The third-order valence-electron chi connectivity index (χ3n) is 3.93. The van der Waals surface area contributed by atoms with Crippen molar-refractivity contribution in [3.8, 4) is 11.5 Å². The Morgan fingerprint density at radius 3 is 2.12 bits per heavy atom. The Morgan fingerprint density at radius 2 is 1.64 bits per heavy atom. The first-order valence-electron chi connectivity index (χ1n) is 8.38. The van der Waals surface area contributed by atoms with E-state index < -0.39 is 26.2 Å². The standard InChI is InChI=1S/C18H29NO5S/c1-11(2)24-16-9-8-15(10-17(16)23-7)13(5)19-18(20)14(6)25(21,22)12(3)4/h8-14H,1-7H3,(H,19,20)/t13-,14+/m1/s1. The average molecular weight is 371 g/mol. The molecule has 0 heterocycles. The monoisotopic (exact) mass is 371 g/mol. The summed E-state index contributed by atoms with van der Waals surface area (Å²) in [5, 5.41) is 1.06. The van der Waals surface area contributed by atoms with Crippen molar-refractivity contribution in [2.24, 2.45) is 0 Å². The quantitative estimate of drug-likeness (QED) is 0.760. The molecule has 1 N–H and O–H groups in total. The highest BCUT2D eigenvalue weighted by Crippen LogP contribution is 2.31. The second-order valence-corrected chi connectivity index (χ2v) is 9.42. The molecule has 1 aromatic carbocycles. The van der Waals surface area contributed by atoms with Crippen LogP contribution in [0.5, 0.6) is 11.5 Å². The largest absolute Gasteiger partial charge is 0.493 e. The molecule has 142 valence electrons. The van der Waals surface area contributed by atoms with E-state index in [0.717, 1.165) is 5.56 Å². The summed E-state index contributed by atoms with van der Waals surface area (Å²) in [4.78, 5) is 12.3. The molecule has 0 aliphatic carbocycles. The van der Waals surface area contributed by atoms with Gasteiger partial charge in [0, 0.05) is 0 Å². The molecule has 6 nitrogen and oxygen atoms in total. The van der Waals surface area contributed by atoms with E-state index in [4.69, 9.17) is 9.47 Å². The first kappa shape index (κ1) is 21.3. The fourth-order valence-electron chi connectivity index (χ4n) is 2.28. The lowest BCUT2D eigenvalue weighted by molar-refractivity contribution is -0.121. The molecule has 7 heteroatoms. The van der Waals surface area contributed by atoms with Crippen LogP contribution in [0.1, 0.15) is 53.1 Å². The van der Waals surface area contributed by atoms with Gasteiger partial charge in [0.15, 0.2) is 21.3 Å². The van der Waals surface area contributed by atoms with Crippen molar-refractivity contribution in [2.75, 3.05) is 7.11 Å². The molecule has 0 spiro atoms. The highest BCUT2D eigenvalue weighted by molar-refractivity contribution is 7.93. The van der Waals surface area contributed by atoms with Gasteiger partial charge in [-0.1, -0.05) is 6.07 Å². The maximum atomic E-state index is 12.3. The molecular weight excluding hydrogens is 342 g/mol. The molecule has 0 bridgehead atoms. The van der Waals surface area contributed by atoms with Crippen molar-refractivity contribution in [3.05, 3.63) is 23.8 Å². The third-order valence-corrected chi connectivity index (χ3v) is 6.44. The van der Waals surface area contributed by atoms with Crippen molar-refractivity contribution in [3.63, 3.8) is 0 Å². The Labute approximate surface area is 150 Å². The van der Waals surface area contributed by atoms with Gasteiger partial charge in [-0.3, -0.25) is 4.79 Å². The SMILES string of the molecule is COc1cc([C@@H](C)NC(=O)[C@H](C)S(=O)(=O)C(C)C)ccc1OC(C)C. The minimum absolute atomic E-state index is 0.0129. The number of sulfone groups is 1.